The summed E-state index contributed by atoms with van der Waals surface area (Å²) >= 11 is 0. The van der Waals surface area contributed by atoms with Crippen LogP contribution in [0.15, 0.2) is 24.3 Å². The third-order valence-electron chi connectivity index (χ3n) is 3.31. The molecule has 0 atom stereocenters. The van der Waals surface area contributed by atoms with E-state index in [1.54, 1.807) is 7.05 Å². The first-order valence-electron chi connectivity index (χ1n) is 6.68. The Bertz CT molecular complexity index is 548. The van der Waals surface area contributed by atoms with Crippen LogP contribution in [0.25, 0.3) is 0 Å². The van der Waals surface area contributed by atoms with Gasteiger partial charge in [-0.25, -0.2) is 0 Å². The molecule has 20 heavy (non-hydrogen) atoms. The maximum Gasteiger partial charge on any atom is 0.282 e. The zero-order chi connectivity index (χ0) is 14.6. The summed E-state index contributed by atoms with van der Waals surface area (Å²) in [6.07, 6.45) is 0.649. The molecule has 1 aromatic rings. The first-order valence-corrected chi connectivity index (χ1v) is 8.07. The van der Waals surface area contributed by atoms with Crippen molar-refractivity contribution in [1.29, 1.82) is 0 Å². The van der Waals surface area contributed by atoms with E-state index in [1.165, 1.54) is 8.61 Å². The van der Waals surface area contributed by atoms with Gasteiger partial charge in [-0.1, -0.05) is 18.2 Å². The van der Waals surface area contributed by atoms with Crippen LogP contribution in [-0.2, 0) is 16.8 Å². The van der Waals surface area contributed by atoms with Gasteiger partial charge in [0.25, 0.3) is 10.2 Å². The highest BCUT2D eigenvalue weighted by Gasteiger charge is 2.29. The zero-order valence-electron chi connectivity index (χ0n) is 11.7. The number of benzene rings is 1. The third kappa shape index (κ3) is 3.29. The molecule has 2 N–H and O–H groups in total. The number of nitrogens with two attached hydrogens (primary N) is 1. The highest BCUT2D eigenvalue weighted by molar-refractivity contribution is 7.86. The van der Waals surface area contributed by atoms with Crippen LogP contribution >= 0.6 is 0 Å². The van der Waals surface area contributed by atoms with Gasteiger partial charge in [0.1, 0.15) is 12.4 Å². The molecule has 1 aliphatic heterocycles. The highest BCUT2D eigenvalue weighted by atomic mass is 32.2. The van der Waals surface area contributed by atoms with E-state index in [0.717, 1.165) is 11.3 Å². The Balaban J connectivity index is 2.16. The average Bonchev–Trinajstić information content (AvgIpc) is 2.67. The highest BCUT2D eigenvalue weighted by Crippen LogP contribution is 2.24. The van der Waals surface area contributed by atoms with Crippen molar-refractivity contribution in [2.45, 2.75) is 13.0 Å². The van der Waals surface area contributed by atoms with Crippen LogP contribution in [0.4, 0.5) is 0 Å². The van der Waals surface area contributed by atoms with Gasteiger partial charge in [0, 0.05) is 32.2 Å². The van der Waals surface area contributed by atoms with E-state index in [-0.39, 0.29) is 0 Å². The van der Waals surface area contributed by atoms with Crippen LogP contribution in [0.2, 0.25) is 0 Å². The molecule has 2 rings (SSSR count). The SMILES string of the molecule is CN(CCCN)S(=O)(=O)N1CCOc2ccccc2C1. The fourth-order valence-corrected chi connectivity index (χ4v) is 3.49. The maximum absolute atomic E-state index is 12.5. The summed E-state index contributed by atoms with van der Waals surface area (Å²) in [7, 11) is -1.88. The van der Waals surface area contributed by atoms with E-state index in [2.05, 4.69) is 0 Å². The summed E-state index contributed by atoms with van der Waals surface area (Å²) < 4.78 is 33.4. The second-order valence-corrected chi connectivity index (χ2v) is 6.80. The van der Waals surface area contributed by atoms with Crippen molar-refractivity contribution < 1.29 is 13.2 Å². The maximum atomic E-state index is 12.5. The minimum Gasteiger partial charge on any atom is -0.492 e. The molecule has 0 radical (unpaired) electrons. The van der Waals surface area contributed by atoms with Gasteiger partial charge in [-0.2, -0.15) is 17.0 Å². The molecule has 0 aliphatic carbocycles. The van der Waals surface area contributed by atoms with Crippen molar-refractivity contribution in [2.75, 3.05) is 33.3 Å². The van der Waals surface area contributed by atoms with E-state index >= 15 is 0 Å². The molecule has 1 aromatic carbocycles. The van der Waals surface area contributed by atoms with Gasteiger partial charge < -0.3 is 10.5 Å². The fourth-order valence-electron chi connectivity index (χ4n) is 2.13. The molecule has 0 saturated heterocycles. The van der Waals surface area contributed by atoms with Crippen LogP contribution in [0.3, 0.4) is 0 Å². The van der Waals surface area contributed by atoms with Crippen molar-refractivity contribution in [3.8, 4) is 5.75 Å². The van der Waals surface area contributed by atoms with Gasteiger partial charge >= 0.3 is 0 Å². The van der Waals surface area contributed by atoms with E-state index < -0.39 is 10.2 Å². The van der Waals surface area contributed by atoms with Crippen LogP contribution in [-0.4, -0.2) is 50.3 Å². The molecule has 0 fully saturated rings. The molecule has 1 aliphatic rings. The van der Waals surface area contributed by atoms with Crippen molar-refractivity contribution >= 4 is 10.2 Å². The van der Waals surface area contributed by atoms with Crippen molar-refractivity contribution in [2.24, 2.45) is 5.73 Å². The third-order valence-corrected chi connectivity index (χ3v) is 5.25. The number of para-hydroxylation sites is 1. The Morgan fingerprint density at radius 3 is 2.90 bits per heavy atom. The molecular formula is C13H21N3O3S. The summed E-state index contributed by atoms with van der Waals surface area (Å²) in [6.45, 7) is 1.96. The predicted octanol–water partition coefficient (Wildman–Crippen LogP) is 0.406. The van der Waals surface area contributed by atoms with Gasteiger partial charge in [0.05, 0.1) is 0 Å². The van der Waals surface area contributed by atoms with Crippen LogP contribution in [0, 0.1) is 0 Å². The van der Waals surface area contributed by atoms with Crippen molar-refractivity contribution in [3.05, 3.63) is 29.8 Å². The number of hydrogen-bond donors (Lipinski definition) is 1. The van der Waals surface area contributed by atoms with E-state index in [4.69, 9.17) is 10.5 Å². The van der Waals surface area contributed by atoms with Gasteiger partial charge in [-0.15, -0.1) is 0 Å². The summed E-state index contributed by atoms with van der Waals surface area (Å²) in [5.41, 5.74) is 6.32. The zero-order valence-corrected chi connectivity index (χ0v) is 12.5. The molecule has 0 aromatic heterocycles. The second-order valence-electron chi connectivity index (χ2n) is 4.76. The van der Waals surface area contributed by atoms with E-state index in [0.29, 0.717) is 39.2 Å². The molecular weight excluding hydrogens is 278 g/mol. The summed E-state index contributed by atoms with van der Waals surface area (Å²) in [5.74, 6) is 0.759. The lowest BCUT2D eigenvalue weighted by Crippen LogP contribution is -2.43. The number of hydrogen-bond acceptors (Lipinski definition) is 4. The van der Waals surface area contributed by atoms with Crippen LogP contribution < -0.4 is 10.5 Å². The molecule has 0 unspecified atom stereocenters. The van der Waals surface area contributed by atoms with Crippen LogP contribution in [0.5, 0.6) is 5.75 Å². The summed E-state index contributed by atoms with van der Waals surface area (Å²) in [4.78, 5) is 0. The molecule has 0 saturated carbocycles. The number of nitrogens with zero attached hydrogens (tertiary/aromatic N) is 2. The minimum absolute atomic E-state index is 0.339. The van der Waals surface area contributed by atoms with Crippen molar-refractivity contribution in [1.82, 2.24) is 8.61 Å². The lowest BCUT2D eigenvalue weighted by molar-refractivity contribution is 0.283. The first-order chi connectivity index (χ1) is 9.55. The van der Waals surface area contributed by atoms with E-state index in [9.17, 15) is 8.42 Å². The van der Waals surface area contributed by atoms with Gasteiger partial charge in [-0.3, -0.25) is 0 Å². The fraction of sp³-hybridized carbons (Fsp3) is 0.538. The number of rotatable bonds is 5. The van der Waals surface area contributed by atoms with Gasteiger partial charge in [0.15, 0.2) is 0 Å². The predicted molar refractivity (Wildman–Crippen MR) is 77.6 cm³/mol. The summed E-state index contributed by atoms with van der Waals surface area (Å²) in [6, 6.07) is 7.53. The Morgan fingerprint density at radius 1 is 1.40 bits per heavy atom. The molecule has 1 heterocycles. The van der Waals surface area contributed by atoms with Crippen molar-refractivity contribution in [3.63, 3.8) is 0 Å². The monoisotopic (exact) mass is 299 g/mol. The Morgan fingerprint density at radius 2 is 2.15 bits per heavy atom. The normalized spacial score (nSPS) is 16.6. The standard InChI is InChI=1S/C13H21N3O3S/c1-15(8-4-7-14)20(17,18)16-9-10-19-13-6-3-2-5-12(13)11-16/h2-3,5-6H,4,7-11,14H2,1H3. The van der Waals surface area contributed by atoms with E-state index in [1.807, 2.05) is 24.3 Å². The first kappa shape index (κ1) is 15.2. The molecule has 6 nitrogen and oxygen atoms in total. The molecule has 0 amide bonds. The topological polar surface area (TPSA) is 75.9 Å². The Kier molecular flexibility index (Phi) is 4.98. The second kappa shape index (κ2) is 6.53. The number of fused-ring (bicyclic) bond motifs is 1. The van der Waals surface area contributed by atoms with Crippen LogP contribution in [0.1, 0.15) is 12.0 Å². The quantitative estimate of drug-likeness (QED) is 0.854. The van der Waals surface area contributed by atoms with Gasteiger partial charge in [-0.05, 0) is 19.0 Å². The smallest absolute Gasteiger partial charge is 0.282 e. The molecule has 112 valence electrons. The lowest BCUT2D eigenvalue weighted by atomic mass is 10.2. The molecule has 0 spiro atoms. The van der Waals surface area contributed by atoms with Gasteiger partial charge in [0.2, 0.25) is 0 Å². The Labute approximate surface area is 120 Å². The summed E-state index contributed by atoms with van der Waals surface area (Å²) in [5, 5.41) is 0. The molecule has 0 bridgehead atoms. The Hall–Kier alpha value is -1.15. The lowest BCUT2D eigenvalue weighted by Gasteiger charge is -2.25. The minimum atomic E-state index is -3.47. The molecule has 7 heteroatoms. The average molecular weight is 299 g/mol. The largest absolute Gasteiger partial charge is 0.492 e. The number of ether oxygens (including phenoxy) is 1.